The number of thiophene rings is 1. The minimum absolute atomic E-state index is 0.193. The van der Waals surface area contributed by atoms with Crippen LogP contribution in [0.1, 0.15) is 11.1 Å². The first-order chi connectivity index (χ1) is 17.1. The molecule has 0 amide bonds. The SMILES string of the molecule is Cc1ccc(Oc2ccnc3cc(-c4ccc(CNCCOCCOCCN)cn4)sc23)c(F)c1. The van der Waals surface area contributed by atoms with Gasteiger partial charge in [-0.3, -0.25) is 9.97 Å². The molecule has 0 aliphatic rings. The average Bonchev–Trinajstić information content (AvgIpc) is 3.30. The number of pyridine rings is 2. The fraction of sp³-hybridized carbons (Fsp3) is 0.308. The second-order valence-corrected chi connectivity index (χ2v) is 8.96. The van der Waals surface area contributed by atoms with Crippen LogP contribution >= 0.6 is 11.3 Å². The molecule has 0 spiro atoms. The third kappa shape index (κ3) is 7.03. The van der Waals surface area contributed by atoms with Crippen LogP contribution < -0.4 is 15.8 Å². The lowest BCUT2D eigenvalue weighted by Gasteiger charge is -2.08. The number of rotatable bonds is 13. The molecule has 4 aromatic rings. The molecular weight excluding hydrogens is 467 g/mol. The van der Waals surface area contributed by atoms with Gasteiger partial charge in [0.2, 0.25) is 0 Å². The Hall–Kier alpha value is -2.95. The van der Waals surface area contributed by atoms with Crippen LogP contribution in [-0.4, -0.2) is 49.5 Å². The normalized spacial score (nSPS) is 11.3. The van der Waals surface area contributed by atoms with Gasteiger partial charge in [-0.2, -0.15) is 0 Å². The van der Waals surface area contributed by atoms with Gasteiger partial charge < -0.3 is 25.3 Å². The molecule has 0 aliphatic carbocycles. The first-order valence-corrected chi connectivity index (χ1v) is 12.3. The van der Waals surface area contributed by atoms with E-state index >= 15 is 0 Å². The molecule has 7 nitrogen and oxygen atoms in total. The topological polar surface area (TPSA) is 91.5 Å². The van der Waals surface area contributed by atoms with Gasteiger partial charge in [-0.1, -0.05) is 12.1 Å². The average molecular weight is 497 g/mol. The zero-order valence-electron chi connectivity index (χ0n) is 19.6. The molecular formula is C26H29FN4O3S. The molecule has 3 N–H and O–H groups in total. The highest BCUT2D eigenvalue weighted by Gasteiger charge is 2.13. The summed E-state index contributed by atoms with van der Waals surface area (Å²) in [5, 5.41) is 3.34. The Morgan fingerprint density at radius 1 is 0.971 bits per heavy atom. The Labute approximate surface area is 208 Å². The minimum atomic E-state index is -0.388. The number of hydrogen-bond acceptors (Lipinski definition) is 8. The second kappa shape index (κ2) is 12.7. The van der Waals surface area contributed by atoms with E-state index < -0.39 is 0 Å². The number of aromatic nitrogens is 2. The Bertz CT molecular complexity index is 1230. The van der Waals surface area contributed by atoms with E-state index in [0.717, 1.165) is 38.5 Å². The predicted octanol–water partition coefficient (Wildman–Crippen LogP) is 4.68. The van der Waals surface area contributed by atoms with Crippen LogP contribution in [0.5, 0.6) is 11.5 Å². The van der Waals surface area contributed by atoms with Crippen LogP contribution in [0.25, 0.3) is 20.8 Å². The quantitative estimate of drug-likeness (QED) is 0.260. The molecule has 0 saturated heterocycles. The fourth-order valence-corrected chi connectivity index (χ4v) is 4.43. The van der Waals surface area contributed by atoms with E-state index in [1.165, 1.54) is 17.4 Å². The molecule has 0 bridgehead atoms. The Balaban J connectivity index is 1.33. The van der Waals surface area contributed by atoms with Crippen LogP contribution in [0.15, 0.2) is 54.9 Å². The number of fused-ring (bicyclic) bond motifs is 1. The number of ether oxygens (including phenoxy) is 3. The Morgan fingerprint density at radius 3 is 2.60 bits per heavy atom. The van der Waals surface area contributed by atoms with Gasteiger partial charge in [0.25, 0.3) is 0 Å². The maximum Gasteiger partial charge on any atom is 0.165 e. The monoisotopic (exact) mass is 496 g/mol. The van der Waals surface area contributed by atoms with Gasteiger partial charge in [0.05, 0.1) is 47.2 Å². The highest BCUT2D eigenvalue weighted by molar-refractivity contribution is 7.22. The van der Waals surface area contributed by atoms with E-state index in [1.807, 2.05) is 37.4 Å². The largest absolute Gasteiger partial charge is 0.453 e. The molecule has 0 saturated carbocycles. The van der Waals surface area contributed by atoms with Crippen LogP contribution in [0, 0.1) is 12.7 Å². The summed E-state index contributed by atoms with van der Waals surface area (Å²) in [7, 11) is 0. The summed E-state index contributed by atoms with van der Waals surface area (Å²) in [6.45, 7) is 6.11. The highest BCUT2D eigenvalue weighted by atomic mass is 32.1. The lowest BCUT2D eigenvalue weighted by Crippen LogP contribution is -2.20. The first kappa shape index (κ1) is 25.2. The summed E-state index contributed by atoms with van der Waals surface area (Å²) < 4.78 is 31.8. The number of benzene rings is 1. The lowest BCUT2D eigenvalue weighted by atomic mass is 10.2. The van der Waals surface area contributed by atoms with Gasteiger partial charge in [0.1, 0.15) is 5.75 Å². The standard InChI is InChI=1S/C26H29FN4O3S/c1-18-2-5-23(20(27)14-18)34-24-6-8-30-22-15-25(35-26(22)24)21-4-3-19(17-31-21)16-29-9-11-33-13-12-32-10-7-28/h2-6,8,14-15,17,29H,7,9-13,16,28H2,1H3. The maximum atomic E-state index is 14.3. The summed E-state index contributed by atoms with van der Waals surface area (Å²) in [6.07, 6.45) is 3.53. The molecule has 0 atom stereocenters. The molecule has 0 aliphatic heterocycles. The first-order valence-electron chi connectivity index (χ1n) is 11.5. The van der Waals surface area contributed by atoms with Crippen molar-refractivity contribution in [3.05, 3.63) is 71.8 Å². The van der Waals surface area contributed by atoms with Gasteiger partial charge in [0, 0.05) is 38.1 Å². The van der Waals surface area contributed by atoms with Gasteiger partial charge in [-0.15, -0.1) is 11.3 Å². The van der Waals surface area contributed by atoms with E-state index in [-0.39, 0.29) is 11.6 Å². The molecule has 1 aromatic carbocycles. The molecule has 0 fully saturated rings. The van der Waals surface area contributed by atoms with Crippen molar-refractivity contribution in [1.82, 2.24) is 15.3 Å². The molecule has 9 heteroatoms. The van der Waals surface area contributed by atoms with Crippen molar-refractivity contribution in [2.75, 3.05) is 39.5 Å². The fourth-order valence-electron chi connectivity index (χ4n) is 3.39. The van der Waals surface area contributed by atoms with Crippen molar-refractivity contribution in [2.24, 2.45) is 5.73 Å². The van der Waals surface area contributed by atoms with Crippen molar-refractivity contribution >= 4 is 21.6 Å². The van der Waals surface area contributed by atoms with E-state index in [9.17, 15) is 4.39 Å². The van der Waals surface area contributed by atoms with E-state index in [4.69, 9.17) is 19.9 Å². The molecule has 3 heterocycles. The van der Waals surface area contributed by atoms with Crippen LogP contribution in [0.4, 0.5) is 4.39 Å². The van der Waals surface area contributed by atoms with Crippen molar-refractivity contribution < 1.29 is 18.6 Å². The molecule has 35 heavy (non-hydrogen) atoms. The smallest absolute Gasteiger partial charge is 0.165 e. The molecule has 3 aromatic heterocycles. The molecule has 184 valence electrons. The van der Waals surface area contributed by atoms with Crippen LogP contribution in [0.2, 0.25) is 0 Å². The maximum absolute atomic E-state index is 14.3. The summed E-state index contributed by atoms with van der Waals surface area (Å²) in [4.78, 5) is 10.0. The number of nitrogens with one attached hydrogen (secondary N) is 1. The number of nitrogens with zero attached hydrogens (tertiary/aromatic N) is 2. The third-order valence-electron chi connectivity index (χ3n) is 5.15. The summed E-state index contributed by atoms with van der Waals surface area (Å²) >= 11 is 1.52. The number of nitrogens with two attached hydrogens (primary N) is 1. The van der Waals surface area contributed by atoms with Crippen LogP contribution in [-0.2, 0) is 16.0 Å². The van der Waals surface area contributed by atoms with Gasteiger partial charge in [-0.05, 0) is 42.3 Å². The zero-order chi connectivity index (χ0) is 24.5. The van der Waals surface area contributed by atoms with Crippen molar-refractivity contribution in [2.45, 2.75) is 13.5 Å². The highest BCUT2D eigenvalue weighted by Crippen LogP contribution is 2.39. The number of aryl methyl sites for hydroxylation is 1. The van der Waals surface area contributed by atoms with E-state index in [0.29, 0.717) is 45.3 Å². The van der Waals surface area contributed by atoms with Crippen molar-refractivity contribution in [3.8, 4) is 22.1 Å². The molecule has 0 unspecified atom stereocenters. The van der Waals surface area contributed by atoms with E-state index in [2.05, 4.69) is 15.3 Å². The zero-order valence-corrected chi connectivity index (χ0v) is 20.4. The number of halogens is 1. The van der Waals surface area contributed by atoms with E-state index in [1.54, 1.807) is 18.3 Å². The van der Waals surface area contributed by atoms with Crippen molar-refractivity contribution in [1.29, 1.82) is 0 Å². The minimum Gasteiger partial charge on any atom is -0.453 e. The lowest BCUT2D eigenvalue weighted by molar-refractivity contribution is 0.0518. The van der Waals surface area contributed by atoms with Gasteiger partial charge in [0.15, 0.2) is 11.6 Å². The molecule has 4 rings (SSSR count). The van der Waals surface area contributed by atoms with Gasteiger partial charge >= 0.3 is 0 Å². The summed E-state index contributed by atoms with van der Waals surface area (Å²) in [5.41, 5.74) is 8.93. The summed E-state index contributed by atoms with van der Waals surface area (Å²) in [5.74, 6) is 0.377. The van der Waals surface area contributed by atoms with Crippen molar-refractivity contribution in [3.63, 3.8) is 0 Å². The molecule has 0 radical (unpaired) electrons. The third-order valence-corrected chi connectivity index (χ3v) is 6.31. The summed E-state index contributed by atoms with van der Waals surface area (Å²) in [6, 6.07) is 12.7. The number of hydrogen-bond donors (Lipinski definition) is 2. The van der Waals surface area contributed by atoms with Gasteiger partial charge in [-0.25, -0.2) is 4.39 Å². The Kier molecular flexibility index (Phi) is 9.10. The Morgan fingerprint density at radius 2 is 1.83 bits per heavy atom. The van der Waals surface area contributed by atoms with Crippen LogP contribution in [0.3, 0.4) is 0 Å². The second-order valence-electron chi connectivity index (χ2n) is 7.91. The predicted molar refractivity (Wildman–Crippen MR) is 136 cm³/mol.